The van der Waals surface area contributed by atoms with Crippen molar-refractivity contribution in [3.8, 4) is 0 Å². The molecule has 0 aliphatic carbocycles. The van der Waals surface area contributed by atoms with E-state index in [4.69, 9.17) is 15.3 Å². The molecule has 0 spiro atoms. The fourth-order valence-corrected chi connectivity index (χ4v) is 2.37. The normalized spacial score (nSPS) is 10.6. The summed E-state index contributed by atoms with van der Waals surface area (Å²) in [5.41, 5.74) is -0.949. The van der Waals surface area contributed by atoms with Crippen LogP contribution < -0.4 is 0 Å². The van der Waals surface area contributed by atoms with Crippen molar-refractivity contribution in [1.29, 1.82) is 0 Å². The Labute approximate surface area is 150 Å². The van der Waals surface area contributed by atoms with Crippen LogP contribution in [0.3, 0.4) is 0 Å². The maximum Gasteiger partial charge on any atom is 0.654 e. The van der Waals surface area contributed by atoms with E-state index in [0.717, 1.165) is 0 Å². The maximum atomic E-state index is 12.5. The van der Waals surface area contributed by atoms with Gasteiger partial charge in [0, 0.05) is 55.8 Å². The van der Waals surface area contributed by atoms with Crippen molar-refractivity contribution in [2.45, 2.75) is 19.3 Å². The topological polar surface area (TPSA) is 157 Å². The number of aliphatic hydroxyl groups excluding tert-OH is 3. The summed E-state index contributed by atoms with van der Waals surface area (Å²) >= 11 is 0. The number of rotatable bonds is 12. The fraction of sp³-hybridized carbons (Fsp3) is 0.400. The zero-order valence-electron chi connectivity index (χ0n) is 14.0. The molecule has 0 unspecified atom stereocenters. The molecule has 0 saturated heterocycles. The lowest BCUT2D eigenvalue weighted by Crippen LogP contribution is -2.17. The molecule has 0 bridgehead atoms. The Bertz CT molecular complexity index is 551. The molecular formula is C15H21O10P. The third-order valence-electron chi connectivity index (χ3n) is 2.69. The minimum atomic E-state index is -5.10. The number of phosphoric acid groups is 1. The Kier molecular flexibility index (Phi) is 10.4. The van der Waals surface area contributed by atoms with Gasteiger partial charge in [-0.1, -0.05) is 19.7 Å². The summed E-state index contributed by atoms with van der Waals surface area (Å²) in [6.07, 6.45) is -0.681. The SMILES string of the molecule is C=C(CCO)C(=O)OP(=O)(OC(=O)C(=C)CCO)OC(=O)C(=C)CCO. The summed E-state index contributed by atoms with van der Waals surface area (Å²) in [7, 11) is -5.10. The molecule has 0 aliphatic rings. The first-order valence-electron chi connectivity index (χ1n) is 7.28. The number of aliphatic hydroxyl groups is 3. The molecule has 26 heavy (non-hydrogen) atoms. The van der Waals surface area contributed by atoms with Crippen LogP contribution >= 0.6 is 7.82 Å². The van der Waals surface area contributed by atoms with E-state index >= 15 is 0 Å². The minimum Gasteiger partial charge on any atom is -0.396 e. The van der Waals surface area contributed by atoms with Crippen molar-refractivity contribution >= 4 is 25.7 Å². The van der Waals surface area contributed by atoms with Crippen LogP contribution in [0.5, 0.6) is 0 Å². The maximum absolute atomic E-state index is 12.5. The zero-order chi connectivity index (χ0) is 20.3. The van der Waals surface area contributed by atoms with Crippen molar-refractivity contribution in [3.05, 3.63) is 36.5 Å². The molecule has 0 amide bonds. The first-order valence-corrected chi connectivity index (χ1v) is 8.74. The summed E-state index contributed by atoms with van der Waals surface area (Å²) in [5.74, 6) is -3.99. The Morgan fingerprint density at radius 2 is 0.885 bits per heavy atom. The number of carbonyl (C=O) groups excluding carboxylic acids is 3. The van der Waals surface area contributed by atoms with Gasteiger partial charge in [-0.25, -0.2) is 14.4 Å². The van der Waals surface area contributed by atoms with Crippen molar-refractivity contribution in [2.24, 2.45) is 0 Å². The molecule has 0 atom stereocenters. The highest BCUT2D eigenvalue weighted by Gasteiger charge is 2.40. The minimum absolute atomic E-state index is 0.227. The van der Waals surface area contributed by atoms with Crippen molar-refractivity contribution in [2.75, 3.05) is 19.8 Å². The first-order chi connectivity index (χ1) is 12.1. The molecule has 0 radical (unpaired) electrons. The van der Waals surface area contributed by atoms with Gasteiger partial charge >= 0.3 is 25.7 Å². The molecule has 0 aromatic heterocycles. The van der Waals surface area contributed by atoms with Crippen LogP contribution in [0.4, 0.5) is 0 Å². The van der Waals surface area contributed by atoms with E-state index in [1.54, 1.807) is 0 Å². The van der Waals surface area contributed by atoms with Crippen LogP contribution in [0.25, 0.3) is 0 Å². The van der Waals surface area contributed by atoms with E-state index in [0.29, 0.717) is 0 Å². The molecule has 3 N–H and O–H groups in total. The molecule has 0 fully saturated rings. The predicted molar refractivity (Wildman–Crippen MR) is 88.4 cm³/mol. The highest BCUT2D eigenvalue weighted by molar-refractivity contribution is 7.50. The van der Waals surface area contributed by atoms with E-state index in [9.17, 15) is 18.9 Å². The van der Waals surface area contributed by atoms with Crippen LogP contribution in [0.1, 0.15) is 19.3 Å². The number of phosphoric ester groups is 1. The van der Waals surface area contributed by atoms with Crippen LogP contribution in [-0.4, -0.2) is 53.0 Å². The number of hydrogen-bond donors (Lipinski definition) is 3. The largest absolute Gasteiger partial charge is 0.654 e. The Hall–Kier alpha value is -2.26. The third-order valence-corrected chi connectivity index (χ3v) is 3.86. The fourth-order valence-electron chi connectivity index (χ4n) is 1.27. The van der Waals surface area contributed by atoms with Gasteiger partial charge < -0.3 is 28.9 Å². The molecular weight excluding hydrogens is 371 g/mol. The molecule has 0 aliphatic heterocycles. The number of carbonyl (C=O) groups is 3. The third kappa shape index (κ3) is 8.21. The van der Waals surface area contributed by atoms with Crippen LogP contribution in [0.2, 0.25) is 0 Å². The van der Waals surface area contributed by atoms with Gasteiger partial charge in [0.05, 0.1) is 0 Å². The second-order valence-electron chi connectivity index (χ2n) is 4.81. The van der Waals surface area contributed by atoms with E-state index in [1.807, 2.05) is 0 Å². The molecule has 11 heteroatoms. The highest BCUT2D eigenvalue weighted by Crippen LogP contribution is 2.51. The average molecular weight is 392 g/mol. The highest BCUT2D eigenvalue weighted by atomic mass is 31.2. The van der Waals surface area contributed by atoms with Gasteiger partial charge in [-0.2, -0.15) is 4.57 Å². The summed E-state index contributed by atoms with van der Waals surface area (Å²) in [5, 5.41) is 26.3. The summed E-state index contributed by atoms with van der Waals surface area (Å²) in [6.45, 7) is 8.45. The van der Waals surface area contributed by atoms with Gasteiger partial charge in [-0.05, 0) is 0 Å². The van der Waals surface area contributed by atoms with Gasteiger partial charge in [-0.3, -0.25) is 0 Å². The van der Waals surface area contributed by atoms with E-state index in [2.05, 4.69) is 33.3 Å². The summed E-state index contributed by atoms with van der Waals surface area (Å²) in [4.78, 5) is 35.4. The molecule has 0 aromatic rings. The predicted octanol–water partition coefficient (Wildman–Crippen LogP) is 0.540. The van der Waals surface area contributed by atoms with Gasteiger partial charge in [0.25, 0.3) is 0 Å². The standard InChI is InChI=1S/C15H21O10P/c1-10(4-7-16)13(19)23-26(22,24-14(20)11(2)5-8-17)25-15(21)12(3)6-9-18/h16-18H,1-9H2. The van der Waals surface area contributed by atoms with Crippen LogP contribution in [0.15, 0.2) is 36.5 Å². The zero-order valence-corrected chi connectivity index (χ0v) is 14.9. The van der Waals surface area contributed by atoms with Crippen molar-refractivity contribution in [3.63, 3.8) is 0 Å². The second-order valence-corrected chi connectivity index (χ2v) is 6.26. The smallest absolute Gasteiger partial charge is 0.396 e. The lowest BCUT2D eigenvalue weighted by Gasteiger charge is -2.17. The van der Waals surface area contributed by atoms with E-state index in [1.165, 1.54) is 0 Å². The van der Waals surface area contributed by atoms with Gasteiger partial charge in [0.15, 0.2) is 0 Å². The average Bonchev–Trinajstić information content (AvgIpc) is 2.54. The quantitative estimate of drug-likeness (QED) is 0.316. The summed E-state index contributed by atoms with van der Waals surface area (Å²) < 4.78 is 25.9. The van der Waals surface area contributed by atoms with Crippen LogP contribution in [-0.2, 0) is 32.5 Å². The molecule has 146 valence electrons. The lowest BCUT2D eigenvalue weighted by molar-refractivity contribution is -0.140. The van der Waals surface area contributed by atoms with Crippen molar-refractivity contribution < 1.29 is 47.8 Å². The molecule has 10 nitrogen and oxygen atoms in total. The Morgan fingerprint density at radius 1 is 0.654 bits per heavy atom. The summed E-state index contributed by atoms with van der Waals surface area (Å²) in [6, 6.07) is 0. The first kappa shape index (κ1) is 23.7. The monoisotopic (exact) mass is 392 g/mol. The molecule has 0 aromatic carbocycles. The van der Waals surface area contributed by atoms with Crippen LogP contribution in [0, 0.1) is 0 Å². The van der Waals surface area contributed by atoms with E-state index in [-0.39, 0.29) is 36.0 Å². The van der Waals surface area contributed by atoms with Gasteiger partial charge in [0.2, 0.25) is 0 Å². The Balaban J connectivity index is 5.40. The van der Waals surface area contributed by atoms with Gasteiger partial charge in [0.1, 0.15) is 0 Å². The molecule has 0 saturated carbocycles. The number of hydrogen-bond acceptors (Lipinski definition) is 10. The molecule has 0 rings (SSSR count). The van der Waals surface area contributed by atoms with E-state index < -0.39 is 45.6 Å². The Morgan fingerprint density at radius 3 is 1.08 bits per heavy atom. The molecule has 0 heterocycles. The second kappa shape index (κ2) is 11.4. The van der Waals surface area contributed by atoms with Gasteiger partial charge in [-0.15, -0.1) is 0 Å². The van der Waals surface area contributed by atoms with Crippen molar-refractivity contribution in [1.82, 2.24) is 0 Å². The lowest BCUT2D eigenvalue weighted by atomic mass is 10.2.